The van der Waals surface area contributed by atoms with Gasteiger partial charge in [-0.3, -0.25) is 4.79 Å². The van der Waals surface area contributed by atoms with Crippen LogP contribution in [-0.4, -0.2) is 20.5 Å². The van der Waals surface area contributed by atoms with Crippen molar-refractivity contribution >= 4 is 11.5 Å². The van der Waals surface area contributed by atoms with Gasteiger partial charge in [0, 0.05) is 12.6 Å². The van der Waals surface area contributed by atoms with E-state index in [2.05, 4.69) is 4.98 Å². The lowest BCUT2D eigenvalue weighted by Crippen LogP contribution is -2.07. The van der Waals surface area contributed by atoms with E-state index >= 15 is 0 Å². The van der Waals surface area contributed by atoms with Gasteiger partial charge in [-0.05, 0) is 12.1 Å². The minimum absolute atomic E-state index is 0.0881. The normalized spacial score (nSPS) is 11.9. The highest BCUT2D eigenvalue weighted by atomic mass is 19.4. The van der Waals surface area contributed by atoms with E-state index in [1.165, 1.54) is 16.7 Å². The van der Waals surface area contributed by atoms with Crippen LogP contribution in [0.2, 0.25) is 0 Å². The zero-order chi connectivity index (χ0) is 13.3. The molecular formula is C11H9F3N2O2. The van der Waals surface area contributed by atoms with Gasteiger partial charge in [0.15, 0.2) is 0 Å². The van der Waals surface area contributed by atoms with Crippen molar-refractivity contribution in [3.63, 3.8) is 0 Å². The lowest BCUT2D eigenvalue weighted by Gasteiger charge is -2.07. The summed E-state index contributed by atoms with van der Waals surface area (Å²) in [6.07, 6.45) is -2.17. The Morgan fingerprint density at radius 3 is 2.72 bits per heavy atom. The number of aryl methyl sites for hydroxylation is 1. The lowest BCUT2D eigenvalue weighted by atomic mass is 10.2. The van der Waals surface area contributed by atoms with Crippen LogP contribution in [0.3, 0.4) is 0 Å². The Hall–Kier alpha value is -2.05. The molecule has 0 amide bonds. The van der Waals surface area contributed by atoms with E-state index in [-0.39, 0.29) is 12.8 Å². The summed E-state index contributed by atoms with van der Waals surface area (Å²) in [6, 6.07) is 2.28. The second kappa shape index (κ2) is 4.32. The summed E-state index contributed by atoms with van der Waals surface area (Å²) < 4.78 is 38.9. The van der Waals surface area contributed by atoms with Crippen molar-refractivity contribution in [1.82, 2.24) is 9.38 Å². The van der Waals surface area contributed by atoms with Crippen LogP contribution in [0.4, 0.5) is 13.2 Å². The number of nitrogens with zero attached hydrogens (tertiary/aromatic N) is 2. The number of aromatic nitrogens is 2. The highest BCUT2D eigenvalue weighted by Gasteiger charge is 2.31. The van der Waals surface area contributed by atoms with Gasteiger partial charge in [-0.15, -0.1) is 0 Å². The minimum atomic E-state index is -4.43. The molecule has 2 aromatic rings. The van der Waals surface area contributed by atoms with Crippen LogP contribution in [0.5, 0.6) is 0 Å². The van der Waals surface area contributed by atoms with Gasteiger partial charge in [-0.2, -0.15) is 13.2 Å². The number of rotatable bonds is 3. The molecule has 0 unspecified atom stereocenters. The fourth-order valence-corrected chi connectivity index (χ4v) is 1.62. The number of alkyl halides is 3. The van der Waals surface area contributed by atoms with Crippen LogP contribution in [0.15, 0.2) is 24.5 Å². The summed E-state index contributed by atoms with van der Waals surface area (Å²) >= 11 is 0. The number of carboxylic acid groups (broad SMARTS) is 1. The van der Waals surface area contributed by atoms with Gasteiger partial charge in [0.2, 0.25) is 0 Å². The van der Waals surface area contributed by atoms with Crippen molar-refractivity contribution < 1.29 is 23.1 Å². The van der Waals surface area contributed by atoms with E-state index < -0.39 is 17.7 Å². The number of hydrogen-bond acceptors (Lipinski definition) is 2. The molecule has 18 heavy (non-hydrogen) atoms. The first-order valence-electron chi connectivity index (χ1n) is 5.13. The van der Waals surface area contributed by atoms with Crippen molar-refractivity contribution in [3.8, 4) is 0 Å². The predicted molar refractivity (Wildman–Crippen MR) is 56.2 cm³/mol. The second-order valence-corrected chi connectivity index (χ2v) is 3.78. The molecule has 96 valence electrons. The average Bonchev–Trinajstić information content (AvgIpc) is 2.67. The fourth-order valence-electron chi connectivity index (χ4n) is 1.62. The third-order valence-corrected chi connectivity index (χ3v) is 2.49. The molecule has 0 saturated heterocycles. The van der Waals surface area contributed by atoms with Gasteiger partial charge >= 0.3 is 12.1 Å². The van der Waals surface area contributed by atoms with E-state index in [1.807, 2.05) is 0 Å². The Bertz CT molecular complexity index is 589. The van der Waals surface area contributed by atoms with Gasteiger partial charge < -0.3 is 9.51 Å². The van der Waals surface area contributed by atoms with E-state index in [4.69, 9.17) is 5.11 Å². The van der Waals surface area contributed by atoms with Crippen LogP contribution < -0.4 is 0 Å². The van der Waals surface area contributed by atoms with Crippen molar-refractivity contribution in [2.75, 3.05) is 0 Å². The molecule has 0 bridgehead atoms. The second-order valence-electron chi connectivity index (χ2n) is 3.78. The highest BCUT2D eigenvalue weighted by molar-refractivity contribution is 5.67. The maximum atomic E-state index is 12.5. The van der Waals surface area contributed by atoms with Gasteiger partial charge in [-0.1, -0.05) is 0 Å². The largest absolute Gasteiger partial charge is 0.481 e. The van der Waals surface area contributed by atoms with Crippen molar-refractivity contribution in [1.29, 1.82) is 0 Å². The van der Waals surface area contributed by atoms with Gasteiger partial charge in [-0.25, -0.2) is 4.98 Å². The van der Waals surface area contributed by atoms with E-state index in [9.17, 15) is 18.0 Å². The third-order valence-electron chi connectivity index (χ3n) is 2.49. The first-order chi connectivity index (χ1) is 8.38. The van der Waals surface area contributed by atoms with Crippen molar-refractivity contribution in [2.45, 2.75) is 19.0 Å². The molecule has 0 saturated carbocycles. The number of halogens is 3. The number of carbonyl (C=O) groups is 1. The van der Waals surface area contributed by atoms with E-state index in [0.717, 1.165) is 12.3 Å². The predicted octanol–water partition coefficient (Wildman–Crippen LogP) is 2.37. The molecule has 0 aliphatic heterocycles. The number of pyridine rings is 1. The number of aliphatic carboxylic acids is 1. The summed E-state index contributed by atoms with van der Waals surface area (Å²) in [7, 11) is 0. The van der Waals surface area contributed by atoms with Crippen LogP contribution in [-0.2, 0) is 17.4 Å². The van der Waals surface area contributed by atoms with Crippen molar-refractivity contribution in [2.24, 2.45) is 0 Å². The molecule has 7 heteroatoms. The standard InChI is InChI=1S/C11H9F3N2O2/c12-11(13,14)7-1-2-8-5-15-9(16(8)6-7)3-4-10(17)18/h1-2,5-6H,3-4H2,(H,17,18). The molecule has 0 radical (unpaired) electrons. The quantitative estimate of drug-likeness (QED) is 0.919. The Balaban J connectivity index is 2.40. The molecule has 1 N–H and O–H groups in total. The maximum absolute atomic E-state index is 12.5. The van der Waals surface area contributed by atoms with Crippen LogP contribution in [0, 0.1) is 0 Å². The summed E-state index contributed by atoms with van der Waals surface area (Å²) in [5.74, 6) is -0.711. The average molecular weight is 258 g/mol. The molecule has 2 rings (SSSR count). The topological polar surface area (TPSA) is 54.6 Å². The lowest BCUT2D eigenvalue weighted by molar-refractivity contribution is -0.138. The van der Waals surface area contributed by atoms with Crippen LogP contribution in [0.25, 0.3) is 5.52 Å². The Labute approximate surface area is 99.7 Å². The van der Waals surface area contributed by atoms with Gasteiger partial charge in [0.05, 0.1) is 23.7 Å². The number of carboxylic acids is 1. The first kappa shape index (κ1) is 12.4. The molecule has 0 aromatic carbocycles. The van der Waals surface area contributed by atoms with E-state index in [1.54, 1.807) is 0 Å². The number of imidazole rings is 1. The monoisotopic (exact) mass is 258 g/mol. The molecule has 2 aromatic heterocycles. The summed E-state index contributed by atoms with van der Waals surface area (Å²) in [5.41, 5.74) is -0.284. The zero-order valence-electron chi connectivity index (χ0n) is 9.11. The number of hydrogen-bond donors (Lipinski definition) is 1. The highest BCUT2D eigenvalue weighted by Crippen LogP contribution is 2.29. The molecule has 0 aliphatic rings. The molecular weight excluding hydrogens is 249 g/mol. The van der Waals surface area contributed by atoms with Gasteiger partial charge in [0.25, 0.3) is 0 Å². The molecule has 0 aliphatic carbocycles. The summed E-state index contributed by atoms with van der Waals surface area (Å²) in [5, 5.41) is 8.55. The molecule has 0 fully saturated rings. The molecule has 0 spiro atoms. The number of fused-ring (bicyclic) bond motifs is 1. The summed E-state index contributed by atoms with van der Waals surface area (Å²) in [6.45, 7) is 0. The van der Waals surface area contributed by atoms with Gasteiger partial charge in [0.1, 0.15) is 5.82 Å². The third kappa shape index (κ3) is 2.44. The molecule has 4 nitrogen and oxygen atoms in total. The maximum Gasteiger partial charge on any atom is 0.417 e. The summed E-state index contributed by atoms with van der Waals surface area (Å²) in [4.78, 5) is 14.4. The smallest absolute Gasteiger partial charge is 0.417 e. The Morgan fingerprint density at radius 1 is 1.39 bits per heavy atom. The Morgan fingerprint density at radius 2 is 2.11 bits per heavy atom. The van der Waals surface area contributed by atoms with Crippen LogP contribution >= 0.6 is 0 Å². The first-order valence-corrected chi connectivity index (χ1v) is 5.13. The fraction of sp³-hybridized carbons (Fsp3) is 0.273. The molecule has 0 atom stereocenters. The SMILES string of the molecule is O=C(O)CCc1ncc2ccc(C(F)(F)F)cn12. The van der Waals surface area contributed by atoms with Crippen molar-refractivity contribution in [3.05, 3.63) is 35.9 Å². The van der Waals surface area contributed by atoms with E-state index in [0.29, 0.717) is 11.3 Å². The molecule has 2 heterocycles. The zero-order valence-corrected chi connectivity index (χ0v) is 9.11. The van der Waals surface area contributed by atoms with Crippen LogP contribution in [0.1, 0.15) is 17.8 Å². The minimum Gasteiger partial charge on any atom is -0.481 e. The Kier molecular flexibility index (Phi) is 2.98.